The molecule has 16 heavy (non-hydrogen) atoms. The summed E-state index contributed by atoms with van der Waals surface area (Å²) in [6, 6.07) is 0. The van der Waals surface area contributed by atoms with Crippen molar-refractivity contribution in [2.24, 2.45) is 0 Å². The third-order valence-corrected chi connectivity index (χ3v) is 2.11. The fourth-order valence-electron chi connectivity index (χ4n) is 1.44. The highest BCUT2D eigenvalue weighted by molar-refractivity contribution is 5.76. The zero-order valence-corrected chi connectivity index (χ0v) is 11.1. The van der Waals surface area contributed by atoms with Gasteiger partial charge in [0.15, 0.2) is 0 Å². The van der Waals surface area contributed by atoms with E-state index in [2.05, 4.69) is 5.32 Å². The smallest absolute Gasteiger partial charge is 0.221 e. The average molecular weight is 231 g/mol. The molecule has 96 valence electrons. The number of likely N-dealkylation sites (N-methyl/N-ethyl adjacent to an activating group) is 1. The summed E-state index contributed by atoms with van der Waals surface area (Å²) in [7, 11) is 7.63. The van der Waals surface area contributed by atoms with Crippen LogP contribution in [0.5, 0.6) is 0 Å². The molecule has 5 heteroatoms. The van der Waals surface area contributed by atoms with Crippen LogP contribution in [-0.4, -0.2) is 74.2 Å². The van der Waals surface area contributed by atoms with E-state index in [9.17, 15) is 9.90 Å². The van der Waals surface area contributed by atoms with Crippen molar-refractivity contribution in [3.05, 3.63) is 0 Å². The van der Waals surface area contributed by atoms with Crippen LogP contribution in [0.3, 0.4) is 0 Å². The van der Waals surface area contributed by atoms with Gasteiger partial charge in [0.05, 0.1) is 5.60 Å². The molecule has 0 heterocycles. The molecule has 0 saturated carbocycles. The Balaban J connectivity index is 3.81. The molecule has 2 N–H and O–H groups in total. The molecule has 0 aromatic carbocycles. The first-order valence-electron chi connectivity index (χ1n) is 5.51. The number of nitrogens with one attached hydrogen (secondary N) is 1. The SMILES string of the molecule is CN(C)CCC(=O)NCC(C)(O)CN(C)C. The van der Waals surface area contributed by atoms with E-state index >= 15 is 0 Å². The molecule has 1 unspecified atom stereocenters. The molecule has 1 atom stereocenters. The van der Waals surface area contributed by atoms with Gasteiger partial charge in [0.25, 0.3) is 0 Å². The summed E-state index contributed by atoms with van der Waals surface area (Å²) in [5.41, 5.74) is -0.878. The Morgan fingerprint density at radius 3 is 2.25 bits per heavy atom. The molecule has 0 saturated heterocycles. The highest BCUT2D eigenvalue weighted by Crippen LogP contribution is 2.02. The Labute approximate surface area is 98.4 Å². The first-order valence-corrected chi connectivity index (χ1v) is 5.51. The third-order valence-electron chi connectivity index (χ3n) is 2.11. The van der Waals surface area contributed by atoms with Crippen molar-refractivity contribution in [3.63, 3.8) is 0 Å². The molecule has 5 nitrogen and oxygen atoms in total. The van der Waals surface area contributed by atoms with E-state index in [-0.39, 0.29) is 12.5 Å². The number of carbonyl (C=O) groups is 1. The van der Waals surface area contributed by atoms with Crippen molar-refractivity contribution in [3.8, 4) is 0 Å². The Morgan fingerprint density at radius 1 is 1.25 bits per heavy atom. The van der Waals surface area contributed by atoms with Crippen LogP contribution in [0.4, 0.5) is 0 Å². The lowest BCUT2D eigenvalue weighted by atomic mass is 10.1. The van der Waals surface area contributed by atoms with Gasteiger partial charge in [-0.25, -0.2) is 0 Å². The van der Waals surface area contributed by atoms with Crippen LogP contribution in [0.2, 0.25) is 0 Å². The quantitative estimate of drug-likeness (QED) is 0.612. The highest BCUT2D eigenvalue weighted by Gasteiger charge is 2.21. The van der Waals surface area contributed by atoms with Crippen molar-refractivity contribution in [1.82, 2.24) is 15.1 Å². The zero-order valence-electron chi connectivity index (χ0n) is 11.1. The van der Waals surface area contributed by atoms with Crippen LogP contribution in [-0.2, 0) is 4.79 Å². The second-order valence-corrected chi connectivity index (χ2v) is 5.06. The van der Waals surface area contributed by atoms with E-state index in [1.54, 1.807) is 6.92 Å². The van der Waals surface area contributed by atoms with Gasteiger partial charge in [0.2, 0.25) is 5.91 Å². The van der Waals surface area contributed by atoms with E-state index < -0.39 is 5.60 Å². The predicted octanol–water partition coefficient (Wildman–Crippen LogP) is -0.633. The van der Waals surface area contributed by atoms with Gasteiger partial charge in [-0.3, -0.25) is 4.79 Å². The molecular weight excluding hydrogens is 206 g/mol. The van der Waals surface area contributed by atoms with E-state index in [0.29, 0.717) is 13.0 Å². The van der Waals surface area contributed by atoms with Crippen LogP contribution in [0.15, 0.2) is 0 Å². The van der Waals surface area contributed by atoms with Gasteiger partial charge in [0.1, 0.15) is 0 Å². The minimum Gasteiger partial charge on any atom is -0.387 e. The van der Waals surface area contributed by atoms with Crippen molar-refractivity contribution in [1.29, 1.82) is 0 Å². The number of hydrogen-bond acceptors (Lipinski definition) is 4. The summed E-state index contributed by atoms with van der Waals surface area (Å²) in [4.78, 5) is 15.3. The second kappa shape index (κ2) is 6.83. The van der Waals surface area contributed by atoms with Gasteiger partial charge < -0.3 is 20.2 Å². The van der Waals surface area contributed by atoms with Gasteiger partial charge in [0, 0.05) is 26.1 Å². The summed E-state index contributed by atoms with van der Waals surface area (Å²) in [5.74, 6) is -0.0206. The Bertz CT molecular complexity index is 215. The molecule has 0 bridgehead atoms. The topological polar surface area (TPSA) is 55.8 Å². The van der Waals surface area contributed by atoms with Crippen molar-refractivity contribution >= 4 is 5.91 Å². The maximum absolute atomic E-state index is 11.4. The number of aliphatic hydroxyl groups is 1. The molecule has 0 aliphatic carbocycles. The molecule has 0 aliphatic rings. The maximum atomic E-state index is 11.4. The van der Waals surface area contributed by atoms with Gasteiger partial charge in [-0.1, -0.05) is 0 Å². The van der Waals surface area contributed by atoms with E-state index in [4.69, 9.17) is 0 Å². The van der Waals surface area contributed by atoms with Gasteiger partial charge in [-0.15, -0.1) is 0 Å². The van der Waals surface area contributed by atoms with Crippen LogP contribution < -0.4 is 5.32 Å². The highest BCUT2D eigenvalue weighted by atomic mass is 16.3. The Hall–Kier alpha value is -0.650. The molecule has 0 rings (SSSR count). The first kappa shape index (κ1) is 15.3. The lowest BCUT2D eigenvalue weighted by Crippen LogP contribution is -2.47. The Morgan fingerprint density at radius 2 is 1.81 bits per heavy atom. The molecule has 0 aromatic heterocycles. The van der Waals surface area contributed by atoms with Crippen molar-refractivity contribution in [2.45, 2.75) is 18.9 Å². The normalized spacial score (nSPS) is 15.2. The molecule has 0 radical (unpaired) electrons. The van der Waals surface area contributed by atoms with Gasteiger partial charge in [-0.2, -0.15) is 0 Å². The Kier molecular flexibility index (Phi) is 6.55. The largest absolute Gasteiger partial charge is 0.387 e. The number of hydrogen-bond donors (Lipinski definition) is 2. The van der Waals surface area contributed by atoms with E-state index in [1.807, 2.05) is 38.0 Å². The average Bonchev–Trinajstić information content (AvgIpc) is 2.09. The van der Waals surface area contributed by atoms with Crippen molar-refractivity contribution < 1.29 is 9.90 Å². The molecule has 0 fully saturated rings. The van der Waals surface area contributed by atoms with Crippen LogP contribution in [0.25, 0.3) is 0 Å². The summed E-state index contributed by atoms with van der Waals surface area (Å²) >= 11 is 0. The van der Waals surface area contributed by atoms with Crippen LogP contribution in [0, 0.1) is 0 Å². The first-order chi connectivity index (χ1) is 7.23. The standard InChI is InChI=1S/C11H25N3O2/c1-11(16,9-14(4)5)8-12-10(15)6-7-13(2)3/h16H,6-9H2,1-5H3,(H,12,15). The molecular formula is C11H25N3O2. The summed E-state index contributed by atoms with van der Waals surface area (Å²) < 4.78 is 0. The van der Waals surface area contributed by atoms with Crippen LogP contribution in [0.1, 0.15) is 13.3 Å². The number of rotatable bonds is 7. The number of amides is 1. The fraction of sp³-hybridized carbons (Fsp3) is 0.909. The molecule has 1 amide bonds. The predicted molar refractivity (Wildman–Crippen MR) is 65.4 cm³/mol. The third kappa shape index (κ3) is 8.64. The lowest BCUT2D eigenvalue weighted by molar-refractivity contribution is -0.122. The fourth-order valence-corrected chi connectivity index (χ4v) is 1.44. The summed E-state index contributed by atoms with van der Waals surface area (Å²) in [5, 5.41) is 12.7. The van der Waals surface area contributed by atoms with Gasteiger partial charge in [-0.05, 0) is 35.1 Å². The number of carbonyl (C=O) groups excluding carboxylic acids is 1. The number of nitrogens with zero attached hydrogens (tertiary/aromatic N) is 2. The molecule has 0 spiro atoms. The van der Waals surface area contributed by atoms with Crippen LogP contribution >= 0.6 is 0 Å². The van der Waals surface area contributed by atoms with Gasteiger partial charge >= 0.3 is 0 Å². The molecule has 0 aliphatic heterocycles. The summed E-state index contributed by atoms with van der Waals surface area (Å²) in [6.07, 6.45) is 0.463. The summed E-state index contributed by atoms with van der Waals surface area (Å²) in [6.45, 7) is 3.26. The van der Waals surface area contributed by atoms with E-state index in [1.165, 1.54) is 0 Å². The van der Waals surface area contributed by atoms with Crippen molar-refractivity contribution in [2.75, 3.05) is 47.8 Å². The second-order valence-electron chi connectivity index (χ2n) is 5.06. The minimum absolute atomic E-state index is 0.0206. The maximum Gasteiger partial charge on any atom is 0.221 e. The van der Waals surface area contributed by atoms with E-state index in [0.717, 1.165) is 6.54 Å². The minimum atomic E-state index is -0.878. The lowest BCUT2D eigenvalue weighted by Gasteiger charge is -2.27. The molecule has 0 aromatic rings. The zero-order chi connectivity index (χ0) is 12.8. The monoisotopic (exact) mass is 231 g/mol.